The zero-order valence-corrected chi connectivity index (χ0v) is 11.8. The quantitative estimate of drug-likeness (QED) is 0.430. The monoisotopic (exact) mass is 360 g/mol. The first-order valence-electron chi connectivity index (χ1n) is 4.99. The second-order valence-electron chi connectivity index (χ2n) is 3.71. The third kappa shape index (κ3) is 2.05. The van der Waals surface area contributed by atoms with Gasteiger partial charge in [-0.2, -0.15) is 0 Å². The molecule has 1 aromatic heterocycles. The lowest BCUT2D eigenvalue weighted by Crippen LogP contribution is -2.52. The van der Waals surface area contributed by atoms with E-state index in [9.17, 15) is 14.4 Å². The molecule has 0 unspecified atom stereocenters. The lowest BCUT2D eigenvalue weighted by molar-refractivity contribution is -0.134. The molecular formula is C11H9IN2O4. The van der Waals surface area contributed by atoms with Gasteiger partial charge in [-0.25, -0.2) is 4.79 Å². The van der Waals surface area contributed by atoms with Crippen LogP contribution >= 0.6 is 22.6 Å². The van der Waals surface area contributed by atoms with Crippen molar-refractivity contribution in [2.24, 2.45) is 0 Å². The minimum Gasteiger partial charge on any atom is -0.451 e. The minimum absolute atomic E-state index is 0.0923. The molecule has 4 amide bonds. The summed E-state index contributed by atoms with van der Waals surface area (Å²) < 4.78 is 5.91. The van der Waals surface area contributed by atoms with E-state index in [1.807, 2.05) is 22.6 Å². The summed E-state index contributed by atoms with van der Waals surface area (Å²) in [5.41, 5.74) is -0.0923. The predicted molar refractivity (Wildman–Crippen MR) is 70.3 cm³/mol. The van der Waals surface area contributed by atoms with Crippen molar-refractivity contribution in [1.29, 1.82) is 0 Å². The molecular weight excluding hydrogens is 351 g/mol. The van der Waals surface area contributed by atoms with Crippen LogP contribution in [0.5, 0.6) is 0 Å². The Kier molecular flexibility index (Phi) is 3.24. The molecule has 1 fully saturated rings. The normalized spacial score (nSPS) is 16.6. The van der Waals surface area contributed by atoms with E-state index in [4.69, 9.17) is 4.42 Å². The number of amides is 4. The largest absolute Gasteiger partial charge is 0.451 e. The Balaban J connectivity index is 2.43. The van der Waals surface area contributed by atoms with Crippen LogP contribution in [0.1, 0.15) is 5.76 Å². The maximum atomic E-state index is 11.8. The van der Waals surface area contributed by atoms with Gasteiger partial charge in [-0.15, -0.1) is 0 Å². The first-order chi connectivity index (χ1) is 8.41. The maximum Gasteiger partial charge on any atom is 0.333 e. The van der Waals surface area contributed by atoms with Gasteiger partial charge in [0, 0.05) is 14.1 Å². The summed E-state index contributed by atoms with van der Waals surface area (Å²) in [5, 5.41) is 0. The standard InChI is InChI=1S/C11H9IN2O4/c1-13-9(15)7(10(16)14(2)11(13)17)5-6-3-4-8(12)18-6/h3-5H,1-2H3. The molecule has 6 nitrogen and oxygen atoms in total. The number of rotatable bonds is 1. The first-order valence-corrected chi connectivity index (χ1v) is 6.07. The van der Waals surface area contributed by atoms with Crippen LogP contribution in [0.2, 0.25) is 0 Å². The average Bonchev–Trinajstić information content (AvgIpc) is 2.75. The number of carbonyl (C=O) groups is 3. The zero-order chi connectivity index (χ0) is 13.4. The van der Waals surface area contributed by atoms with Crippen LogP contribution in [0, 0.1) is 3.77 Å². The van der Waals surface area contributed by atoms with Gasteiger partial charge < -0.3 is 4.42 Å². The Morgan fingerprint density at radius 2 is 1.67 bits per heavy atom. The van der Waals surface area contributed by atoms with E-state index in [1.54, 1.807) is 12.1 Å². The van der Waals surface area contributed by atoms with Crippen LogP contribution in [0.25, 0.3) is 6.08 Å². The summed E-state index contributed by atoms with van der Waals surface area (Å²) in [5.74, 6) is -0.865. The van der Waals surface area contributed by atoms with Crippen LogP contribution in [-0.4, -0.2) is 41.7 Å². The summed E-state index contributed by atoms with van der Waals surface area (Å²) in [6.45, 7) is 0. The molecule has 0 spiro atoms. The number of carbonyl (C=O) groups excluding carboxylic acids is 3. The van der Waals surface area contributed by atoms with Crippen molar-refractivity contribution in [3.63, 3.8) is 0 Å². The highest BCUT2D eigenvalue weighted by Gasteiger charge is 2.37. The van der Waals surface area contributed by atoms with E-state index in [0.717, 1.165) is 9.80 Å². The van der Waals surface area contributed by atoms with Gasteiger partial charge in [0.15, 0.2) is 3.77 Å². The van der Waals surface area contributed by atoms with Gasteiger partial charge in [-0.3, -0.25) is 19.4 Å². The van der Waals surface area contributed by atoms with Crippen molar-refractivity contribution in [2.75, 3.05) is 14.1 Å². The van der Waals surface area contributed by atoms with Gasteiger partial charge in [0.1, 0.15) is 11.3 Å². The number of urea groups is 1. The Morgan fingerprint density at radius 1 is 1.11 bits per heavy atom. The molecule has 0 bridgehead atoms. The zero-order valence-electron chi connectivity index (χ0n) is 9.64. The number of halogens is 1. The van der Waals surface area contributed by atoms with Crippen LogP contribution < -0.4 is 0 Å². The fraction of sp³-hybridized carbons (Fsp3) is 0.182. The predicted octanol–water partition coefficient (Wildman–Crippen LogP) is 1.32. The lowest BCUT2D eigenvalue weighted by atomic mass is 10.1. The van der Waals surface area contributed by atoms with E-state index in [1.165, 1.54) is 20.2 Å². The Labute approximate surface area is 116 Å². The number of likely N-dealkylation sites (N-methyl/N-ethyl adjacent to an activating group) is 2. The van der Waals surface area contributed by atoms with Crippen molar-refractivity contribution >= 4 is 46.5 Å². The average molecular weight is 360 g/mol. The Morgan fingerprint density at radius 3 is 2.11 bits per heavy atom. The smallest absolute Gasteiger partial charge is 0.333 e. The van der Waals surface area contributed by atoms with Crippen molar-refractivity contribution in [3.8, 4) is 0 Å². The summed E-state index contributed by atoms with van der Waals surface area (Å²) in [6.07, 6.45) is 1.34. The van der Waals surface area contributed by atoms with E-state index in [-0.39, 0.29) is 5.57 Å². The number of imide groups is 2. The minimum atomic E-state index is -0.642. The van der Waals surface area contributed by atoms with Gasteiger partial charge in [0.25, 0.3) is 11.8 Å². The molecule has 94 valence electrons. The van der Waals surface area contributed by atoms with Crippen molar-refractivity contribution in [1.82, 2.24) is 9.80 Å². The molecule has 0 N–H and O–H groups in total. The van der Waals surface area contributed by atoms with E-state index >= 15 is 0 Å². The van der Waals surface area contributed by atoms with Crippen LogP contribution in [0.4, 0.5) is 4.79 Å². The van der Waals surface area contributed by atoms with Crippen LogP contribution in [0.15, 0.2) is 22.1 Å². The number of furan rings is 1. The summed E-state index contributed by atoms with van der Waals surface area (Å²) in [7, 11) is 2.65. The number of nitrogens with zero attached hydrogens (tertiary/aromatic N) is 2. The van der Waals surface area contributed by atoms with E-state index in [0.29, 0.717) is 9.53 Å². The molecule has 1 saturated heterocycles. The molecule has 0 radical (unpaired) electrons. The molecule has 18 heavy (non-hydrogen) atoms. The third-order valence-electron chi connectivity index (χ3n) is 2.52. The molecule has 2 heterocycles. The number of barbiturate groups is 1. The number of hydrogen-bond acceptors (Lipinski definition) is 4. The molecule has 1 aromatic rings. The molecule has 0 saturated carbocycles. The molecule has 1 aliphatic heterocycles. The van der Waals surface area contributed by atoms with Crippen molar-refractivity contribution in [3.05, 3.63) is 27.2 Å². The number of hydrogen-bond donors (Lipinski definition) is 0. The lowest BCUT2D eigenvalue weighted by Gasteiger charge is -2.28. The summed E-state index contributed by atoms with van der Waals surface area (Å²) >= 11 is 1.98. The highest BCUT2D eigenvalue weighted by molar-refractivity contribution is 14.1. The first kappa shape index (κ1) is 12.8. The second-order valence-corrected chi connectivity index (χ2v) is 4.77. The Hall–Kier alpha value is -1.64. The van der Waals surface area contributed by atoms with E-state index < -0.39 is 17.8 Å². The molecule has 0 aliphatic carbocycles. The van der Waals surface area contributed by atoms with E-state index in [2.05, 4.69) is 0 Å². The molecule has 7 heteroatoms. The summed E-state index contributed by atoms with van der Waals surface area (Å²) in [4.78, 5) is 37.0. The maximum absolute atomic E-state index is 11.8. The molecule has 0 aromatic carbocycles. The summed E-state index contributed by atoms with van der Waals surface area (Å²) in [6, 6.07) is 2.71. The topological polar surface area (TPSA) is 70.8 Å². The SMILES string of the molecule is CN1C(=O)C(=Cc2ccc(I)o2)C(=O)N(C)C1=O. The Bertz CT molecular complexity index is 549. The van der Waals surface area contributed by atoms with Crippen molar-refractivity contribution in [2.45, 2.75) is 0 Å². The van der Waals surface area contributed by atoms with Crippen LogP contribution in [-0.2, 0) is 9.59 Å². The fourth-order valence-electron chi connectivity index (χ4n) is 1.52. The molecule has 0 atom stereocenters. The highest BCUT2D eigenvalue weighted by Crippen LogP contribution is 2.19. The van der Waals surface area contributed by atoms with Gasteiger partial charge in [-0.05, 0) is 40.8 Å². The van der Waals surface area contributed by atoms with Gasteiger partial charge >= 0.3 is 6.03 Å². The van der Waals surface area contributed by atoms with Gasteiger partial charge in [0.05, 0.1) is 0 Å². The van der Waals surface area contributed by atoms with Gasteiger partial charge in [0.2, 0.25) is 0 Å². The highest BCUT2D eigenvalue weighted by atomic mass is 127. The van der Waals surface area contributed by atoms with Gasteiger partial charge in [-0.1, -0.05) is 0 Å². The van der Waals surface area contributed by atoms with Crippen molar-refractivity contribution < 1.29 is 18.8 Å². The molecule has 2 rings (SSSR count). The molecule has 1 aliphatic rings. The second kappa shape index (κ2) is 4.56. The van der Waals surface area contributed by atoms with Crippen LogP contribution in [0.3, 0.4) is 0 Å². The fourth-order valence-corrected chi connectivity index (χ4v) is 1.96. The third-order valence-corrected chi connectivity index (χ3v) is 3.10.